The van der Waals surface area contributed by atoms with Gasteiger partial charge in [-0.05, 0) is 30.1 Å². The molecule has 5 heteroatoms. The molecule has 0 aromatic heterocycles. The molecule has 0 fully saturated rings. The lowest BCUT2D eigenvalue weighted by Crippen LogP contribution is -2.28. The largest absolute Gasteiger partial charge is 0.492 e. The monoisotopic (exact) mass is 181 g/mol. The van der Waals surface area contributed by atoms with Gasteiger partial charge in [0.05, 0.1) is 11.8 Å². The number of anilines is 1. The number of fused-ring (bicyclic) bond motifs is 1. The highest BCUT2D eigenvalue weighted by atomic mass is 19.1. The second-order valence-electron chi connectivity index (χ2n) is 3.13. The highest BCUT2D eigenvalue weighted by Gasteiger charge is 2.33. The van der Waals surface area contributed by atoms with E-state index in [4.69, 9.17) is 10.4 Å². The van der Waals surface area contributed by atoms with Crippen LogP contribution in [0.2, 0.25) is 0 Å². The van der Waals surface area contributed by atoms with Crippen LogP contribution in [0.5, 0.6) is 0 Å². The minimum Gasteiger partial charge on any atom is -0.423 e. The van der Waals surface area contributed by atoms with Gasteiger partial charge < -0.3 is 15.4 Å². The van der Waals surface area contributed by atoms with Crippen molar-refractivity contribution in [2.24, 2.45) is 0 Å². The highest BCUT2D eigenvalue weighted by molar-refractivity contribution is 6.61. The van der Waals surface area contributed by atoms with Gasteiger partial charge in [0.15, 0.2) is 0 Å². The lowest BCUT2D eigenvalue weighted by atomic mass is 9.79. The predicted octanol–water partition coefficient (Wildman–Crippen LogP) is 0.187. The number of hydrogen-bond acceptors (Lipinski definition) is 3. The van der Waals surface area contributed by atoms with Crippen molar-refractivity contribution >= 4 is 18.3 Å². The Morgan fingerprint density at radius 2 is 2.31 bits per heavy atom. The minimum atomic E-state index is -0.979. The highest BCUT2D eigenvalue weighted by Crippen LogP contribution is 2.25. The molecule has 0 spiro atoms. The SMILES string of the molecule is CC1OB(O)c2cc(N)c(F)cc21. The molecular weight excluding hydrogens is 172 g/mol. The molecule has 0 amide bonds. The van der Waals surface area contributed by atoms with Gasteiger partial charge in [0.25, 0.3) is 0 Å². The lowest BCUT2D eigenvalue weighted by Gasteiger charge is -2.04. The first-order valence-corrected chi connectivity index (χ1v) is 4.02. The van der Waals surface area contributed by atoms with Gasteiger partial charge >= 0.3 is 7.12 Å². The zero-order valence-corrected chi connectivity index (χ0v) is 7.12. The third-order valence-electron chi connectivity index (χ3n) is 2.24. The van der Waals surface area contributed by atoms with E-state index in [1.54, 1.807) is 6.92 Å². The molecule has 1 heterocycles. The standard InChI is InChI=1S/C8H9BFNO2/c1-4-5-2-7(10)8(11)3-6(5)9(12)13-4/h2-4,12H,11H2,1H3. The molecule has 3 nitrogen and oxygen atoms in total. The van der Waals surface area contributed by atoms with E-state index in [1.807, 2.05) is 0 Å². The summed E-state index contributed by atoms with van der Waals surface area (Å²) in [6.07, 6.45) is -0.278. The topological polar surface area (TPSA) is 55.5 Å². The normalized spacial score (nSPS) is 20.5. The maximum Gasteiger partial charge on any atom is 0.492 e. The van der Waals surface area contributed by atoms with Crippen LogP contribution >= 0.6 is 0 Å². The zero-order valence-electron chi connectivity index (χ0n) is 7.12. The molecular formula is C8H9BFNO2. The molecule has 3 N–H and O–H groups in total. The molecule has 0 radical (unpaired) electrons. The van der Waals surface area contributed by atoms with Gasteiger partial charge in [-0.2, -0.15) is 0 Å². The van der Waals surface area contributed by atoms with Gasteiger partial charge in [-0.3, -0.25) is 0 Å². The van der Waals surface area contributed by atoms with Crippen LogP contribution in [0.1, 0.15) is 18.6 Å². The molecule has 0 saturated carbocycles. The van der Waals surface area contributed by atoms with E-state index in [0.29, 0.717) is 11.0 Å². The minimum absolute atomic E-state index is 0.0375. The Labute approximate surface area is 75.5 Å². The summed E-state index contributed by atoms with van der Waals surface area (Å²) in [5.74, 6) is -0.469. The maximum atomic E-state index is 13.0. The van der Waals surface area contributed by atoms with Crippen molar-refractivity contribution in [3.05, 3.63) is 23.5 Å². The van der Waals surface area contributed by atoms with Gasteiger partial charge in [0, 0.05) is 0 Å². The first kappa shape index (κ1) is 8.53. The maximum absolute atomic E-state index is 13.0. The first-order chi connectivity index (χ1) is 6.09. The van der Waals surface area contributed by atoms with Gasteiger partial charge in [0.1, 0.15) is 5.82 Å². The summed E-state index contributed by atoms with van der Waals surface area (Å²) in [6, 6.07) is 2.73. The summed E-state index contributed by atoms with van der Waals surface area (Å²) in [4.78, 5) is 0. The Morgan fingerprint density at radius 1 is 1.62 bits per heavy atom. The second-order valence-corrected chi connectivity index (χ2v) is 3.13. The average molecular weight is 181 g/mol. The van der Waals surface area contributed by atoms with Gasteiger partial charge in [-0.1, -0.05) is 0 Å². The van der Waals surface area contributed by atoms with Crippen LogP contribution < -0.4 is 11.2 Å². The molecule has 68 valence electrons. The summed E-state index contributed by atoms with van der Waals surface area (Å²) in [5, 5.41) is 9.37. The van der Waals surface area contributed by atoms with Crippen molar-refractivity contribution in [2.75, 3.05) is 5.73 Å². The van der Waals surface area contributed by atoms with Gasteiger partial charge in [-0.25, -0.2) is 4.39 Å². The Bertz CT molecular complexity index is 325. The smallest absolute Gasteiger partial charge is 0.423 e. The Kier molecular flexibility index (Phi) is 1.78. The molecule has 0 aliphatic carbocycles. The van der Waals surface area contributed by atoms with E-state index in [-0.39, 0.29) is 11.8 Å². The van der Waals surface area contributed by atoms with Crippen LogP contribution in [0.15, 0.2) is 12.1 Å². The molecule has 1 aliphatic heterocycles. The number of rotatable bonds is 0. The van der Waals surface area contributed by atoms with Crippen molar-refractivity contribution in [1.82, 2.24) is 0 Å². The van der Waals surface area contributed by atoms with E-state index >= 15 is 0 Å². The fraction of sp³-hybridized carbons (Fsp3) is 0.250. The molecule has 13 heavy (non-hydrogen) atoms. The van der Waals surface area contributed by atoms with Crippen LogP contribution in [-0.4, -0.2) is 12.1 Å². The summed E-state index contributed by atoms with van der Waals surface area (Å²) in [5.41, 5.74) is 6.62. The number of benzene rings is 1. The Hall–Kier alpha value is -1.07. The van der Waals surface area contributed by atoms with Gasteiger partial charge in [0.2, 0.25) is 0 Å². The van der Waals surface area contributed by atoms with Crippen LogP contribution in [0.25, 0.3) is 0 Å². The summed E-state index contributed by atoms with van der Waals surface area (Å²) < 4.78 is 18.1. The van der Waals surface area contributed by atoms with Crippen LogP contribution in [0.4, 0.5) is 10.1 Å². The molecule has 1 aromatic carbocycles. The molecule has 1 aromatic rings. The molecule has 1 unspecified atom stereocenters. The Balaban J connectivity index is 2.58. The van der Waals surface area contributed by atoms with Crippen molar-refractivity contribution < 1.29 is 14.1 Å². The fourth-order valence-electron chi connectivity index (χ4n) is 1.53. The third-order valence-corrected chi connectivity index (χ3v) is 2.24. The first-order valence-electron chi connectivity index (χ1n) is 4.02. The fourth-order valence-corrected chi connectivity index (χ4v) is 1.53. The molecule has 0 bridgehead atoms. The van der Waals surface area contributed by atoms with Crippen molar-refractivity contribution in [2.45, 2.75) is 13.0 Å². The van der Waals surface area contributed by atoms with Crippen LogP contribution in [0.3, 0.4) is 0 Å². The molecule has 1 atom stereocenters. The van der Waals surface area contributed by atoms with Gasteiger partial charge in [-0.15, -0.1) is 0 Å². The van der Waals surface area contributed by atoms with E-state index in [2.05, 4.69) is 0 Å². The zero-order chi connectivity index (χ0) is 9.59. The summed E-state index contributed by atoms with van der Waals surface area (Å²) >= 11 is 0. The summed E-state index contributed by atoms with van der Waals surface area (Å²) in [6.45, 7) is 1.75. The molecule has 0 saturated heterocycles. The average Bonchev–Trinajstić information content (AvgIpc) is 2.31. The van der Waals surface area contributed by atoms with E-state index in [9.17, 15) is 9.41 Å². The number of halogens is 1. The van der Waals surface area contributed by atoms with Crippen LogP contribution in [0, 0.1) is 5.82 Å². The van der Waals surface area contributed by atoms with Crippen molar-refractivity contribution in [3.8, 4) is 0 Å². The number of nitrogen functional groups attached to an aromatic ring is 1. The quantitative estimate of drug-likeness (QED) is 0.443. The van der Waals surface area contributed by atoms with Crippen LogP contribution in [-0.2, 0) is 4.65 Å². The second kappa shape index (κ2) is 2.72. The van der Waals surface area contributed by atoms with E-state index in [1.165, 1.54) is 12.1 Å². The predicted molar refractivity (Wildman–Crippen MR) is 47.9 cm³/mol. The third kappa shape index (κ3) is 1.20. The van der Waals surface area contributed by atoms with E-state index in [0.717, 1.165) is 0 Å². The van der Waals surface area contributed by atoms with Crippen molar-refractivity contribution in [1.29, 1.82) is 0 Å². The lowest BCUT2D eigenvalue weighted by molar-refractivity contribution is 0.208. The summed E-state index contributed by atoms with van der Waals surface area (Å²) in [7, 11) is -0.979. The molecule has 2 rings (SSSR count). The molecule has 1 aliphatic rings. The van der Waals surface area contributed by atoms with E-state index < -0.39 is 12.9 Å². The van der Waals surface area contributed by atoms with Crippen molar-refractivity contribution in [3.63, 3.8) is 0 Å². The number of hydrogen-bond donors (Lipinski definition) is 2. The number of nitrogens with two attached hydrogens (primary N) is 1. The Morgan fingerprint density at radius 3 is 3.00 bits per heavy atom.